The first-order valence-corrected chi connectivity index (χ1v) is 7.28. The molecule has 0 aromatic rings. The first kappa shape index (κ1) is 13.8. The van der Waals surface area contributed by atoms with Crippen molar-refractivity contribution in [3.05, 3.63) is 0 Å². The summed E-state index contributed by atoms with van der Waals surface area (Å²) in [7, 11) is 0. The largest absolute Gasteiger partial charge is 0.396 e. The van der Waals surface area contributed by atoms with Crippen molar-refractivity contribution in [2.75, 3.05) is 19.7 Å². The Hall–Kier alpha value is -0.610. The fourth-order valence-electron chi connectivity index (χ4n) is 3.43. The number of amides is 1. The second kappa shape index (κ2) is 6.02. The molecule has 3 unspecified atom stereocenters. The van der Waals surface area contributed by atoms with Crippen LogP contribution in [0.5, 0.6) is 0 Å². The summed E-state index contributed by atoms with van der Waals surface area (Å²) in [5.41, 5.74) is 6.14. The molecule has 4 heteroatoms. The van der Waals surface area contributed by atoms with Crippen molar-refractivity contribution in [3.8, 4) is 0 Å². The average Bonchev–Trinajstić information content (AvgIpc) is 2.38. The number of hydrogen-bond acceptors (Lipinski definition) is 3. The Labute approximate surface area is 110 Å². The number of likely N-dealkylation sites (tertiary alicyclic amines) is 1. The SMILES string of the molecule is CC1CCCC(N)C1C(=O)N1CCC(CO)CC1. The molecule has 3 N–H and O–H groups in total. The molecule has 2 rings (SSSR count). The van der Waals surface area contributed by atoms with E-state index in [2.05, 4.69) is 6.92 Å². The van der Waals surface area contributed by atoms with Crippen LogP contribution < -0.4 is 5.73 Å². The molecule has 104 valence electrons. The van der Waals surface area contributed by atoms with E-state index in [-0.39, 0.29) is 24.5 Å². The third kappa shape index (κ3) is 2.86. The van der Waals surface area contributed by atoms with E-state index in [1.165, 1.54) is 0 Å². The molecule has 2 fully saturated rings. The number of rotatable bonds is 2. The number of nitrogens with zero attached hydrogens (tertiary/aromatic N) is 1. The Bertz CT molecular complexity index is 278. The van der Waals surface area contributed by atoms with Gasteiger partial charge in [-0.1, -0.05) is 13.3 Å². The summed E-state index contributed by atoms with van der Waals surface area (Å²) in [6.45, 7) is 3.99. The Morgan fingerprint density at radius 2 is 1.94 bits per heavy atom. The van der Waals surface area contributed by atoms with Gasteiger partial charge < -0.3 is 15.7 Å². The Balaban J connectivity index is 1.94. The quantitative estimate of drug-likeness (QED) is 0.772. The summed E-state index contributed by atoms with van der Waals surface area (Å²) < 4.78 is 0. The minimum absolute atomic E-state index is 0.0180. The number of hydrogen-bond donors (Lipinski definition) is 2. The molecule has 0 spiro atoms. The Morgan fingerprint density at radius 1 is 1.28 bits per heavy atom. The predicted octanol–water partition coefficient (Wildman–Crippen LogP) is 0.981. The van der Waals surface area contributed by atoms with Crippen molar-refractivity contribution in [1.29, 1.82) is 0 Å². The van der Waals surface area contributed by atoms with E-state index in [1.807, 2.05) is 4.90 Å². The number of aliphatic hydroxyl groups excluding tert-OH is 1. The lowest BCUT2D eigenvalue weighted by molar-refractivity contribution is -0.140. The molecule has 0 radical (unpaired) electrons. The molecule has 18 heavy (non-hydrogen) atoms. The van der Waals surface area contributed by atoms with Crippen LogP contribution >= 0.6 is 0 Å². The first-order valence-electron chi connectivity index (χ1n) is 7.28. The molecule has 1 heterocycles. The van der Waals surface area contributed by atoms with E-state index in [9.17, 15) is 4.79 Å². The van der Waals surface area contributed by atoms with Crippen LogP contribution in [0, 0.1) is 17.8 Å². The maximum atomic E-state index is 12.6. The lowest BCUT2D eigenvalue weighted by atomic mass is 9.76. The maximum absolute atomic E-state index is 12.6. The summed E-state index contributed by atoms with van der Waals surface area (Å²) in [5.74, 6) is 1.07. The molecule has 0 aromatic heterocycles. The predicted molar refractivity (Wildman–Crippen MR) is 70.9 cm³/mol. The van der Waals surface area contributed by atoms with Gasteiger partial charge >= 0.3 is 0 Å². The van der Waals surface area contributed by atoms with Gasteiger partial charge in [0.05, 0.1) is 5.92 Å². The highest BCUT2D eigenvalue weighted by Gasteiger charge is 2.37. The molecule has 1 saturated heterocycles. The summed E-state index contributed by atoms with van der Waals surface area (Å²) in [5, 5.41) is 9.13. The van der Waals surface area contributed by atoms with E-state index >= 15 is 0 Å². The zero-order chi connectivity index (χ0) is 13.1. The minimum atomic E-state index is 0.0180. The third-order valence-corrected chi connectivity index (χ3v) is 4.74. The van der Waals surface area contributed by atoms with Gasteiger partial charge in [-0.15, -0.1) is 0 Å². The van der Waals surface area contributed by atoms with E-state index in [0.717, 1.165) is 45.2 Å². The highest BCUT2D eigenvalue weighted by atomic mass is 16.3. The summed E-state index contributed by atoms with van der Waals surface area (Å²) in [4.78, 5) is 14.5. The average molecular weight is 254 g/mol. The van der Waals surface area contributed by atoms with Gasteiger partial charge in [-0.05, 0) is 37.5 Å². The number of carbonyl (C=O) groups excluding carboxylic acids is 1. The standard InChI is InChI=1S/C14H26N2O2/c1-10-3-2-4-12(15)13(10)14(18)16-7-5-11(9-17)6-8-16/h10-13,17H,2-9,15H2,1H3. The number of piperidine rings is 1. The molecule has 1 amide bonds. The van der Waals surface area contributed by atoms with Crippen molar-refractivity contribution < 1.29 is 9.90 Å². The fraction of sp³-hybridized carbons (Fsp3) is 0.929. The minimum Gasteiger partial charge on any atom is -0.396 e. The molecule has 1 aliphatic carbocycles. The van der Waals surface area contributed by atoms with Crippen LogP contribution in [0.1, 0.15) is 39.0 Å². The zero-order valence-electron chi connectivity index (χ0n) is 11.3. The molecule has 3 atom stereocenters. The van der Waals surface area contributed by atoms with E-state index in [1.54, 1.807) is 0 Å². The molecule has 4 nitrogen and oxygen atoms in total. The monoisotopic (exact) mass is 254 g/mol. The van der Waals surface area contributed by atoms with Gasteiger partial charge in [0, 0.05) is 25.7 Å². The van der Waals surface area contributed by atoms with Crippen LogP contribution in [0.2, 0.25) is 0 Å². The Kier molecular flexibility index (Phi) is 4.62. The molecule has 0 aromatic carbocycles. The van der Waals surface area contributed by atoms with Gasteiger partial charge in [0.25, 0.3) is 0 Å². The number of aliphatic hydroxyl groups is 1. The summed E-state index contributed by atoms with van der Waals surface area (Å²) in [6.07, 6.45) is 5.11. The van der Waals surface area contributed by atoms with Gasteiger partial charge in [0.1, 0.15) is 0 Å². The lowest BCUT2D eigenvalue weighted by Crippen LogP contribution is -2.51. The first-order chi connectivity index (χ1) is 8.63. The van der Waals surface area contributed by atoms with Crippen molar-refractivity contribution in [2.45, 2.75) is 45.1 Å². The normalized spacial score (nSPS) is 34.6. The van der Waals surface area contributed by atoms with Gasteiger partial charge in [-0.3, -0.25) is 4.79 Å². The molecular weight excluding hydrogens is 228 g/mol. The number of nitrogens with two attached hydrogens (primary N) is 1. The fourth-order valence-corrected chi connectivity index (χ4v) is 3.43. The molecule has 2 aliphatic rings. The van der Waals surface area contributed by atoms with Crippen molar-refractivity contribution >= 4 is 5.91 Å². The van der Waals surface area contributed by atoms with Crippen LogP contribution in [0.4, 0.5) is 0 Å². The molecule has 1 aliphatic heterocycles. The van der Waals surface area contributed by atoms with Gasteiger partial charge in [-0.2, -0.15) is 0 Å². The van der Waals surface area contributed by atoms with Crippen LogP contribution in [0.15, 0.2) is 0 Å². The van der Waals surface area contributed by atoms with Crippen LogP contribution in [-0.2, 0) is 4.79 Å². The molecular formula is C14H26N2O2. The van der Waals surface area contributed by atoms with Gasteiger partial charge in [0.15, 0.2) is 0 Å². The van der Waals surface area contributed by atoms with Crippen LogP contribution in [0.3, 0.4) is 0 Å². The topological polar surface area (TPSA) is 66.6 Å². The second-order valence-electron chi connectivity index (χ2n) is 6.05. The van der Waals surface area contributed by atoms with Crippen LogP contribution in [-0.4, -0.2) is 41.7 Å². The van der Waals surface area contributed by atoms with Crippen LogP contribution in [0.25, 0.3) is 0 Å². The second-order valence-corrected chi connectivity index (χ2v) is 6.05. The highest BCUT2D eigenvalue weighted by molar-refractivity contribution is 5.80. The van der Waals surface area contributed by atoms with E-state index in [0.29, 0.717) is 11.8 Å². The summed E-state index contributed by atoms with van der Waals surface area (Å²) in [6, 6.07) is 0.0387. The van der Waals surface area contributed by atoms with E-state index < -0.39 is 0 Å². The lowest BCUT2D eigenvalue weighted by Gasteiger charge is -2.39. The third-order valence-electron chi connectivity index (χ3n) is 4.74. The summed E-state index contributed by atoms with van der Waals surface area (Å²) >= 11 is 0. The number of carbonyl (C=O) groups is 1. The van der Waals surface area contributed by atoms with Crippen molar-refractivity contribution in [3.63, 3.8) is 0 Å². The molecule has 1 saturated carbocycles. The van der Waals surface area contributed by atoms with Crippen molar-refractivity contribution in [2.24, 2.45) is 23.5 Å². The smallest absolute Gasteiger partial charge is 0.227 e. The maximum Gasteiger partial charge on any atom is 0.227 e. The zero-order valence-corrected chi connectivity index (χ0v) is 11.3. The Morgan fingerprint density at radius 3 is 2.50 bits per heavy atom. The van der Waals surface area contributed by atoms with Gasteiger partial charge in [-0.25, -0.2) is 0 Å². The van der Waals surface area contributed by atoms with Crippen molar-refractivity contribution in [1.82, 2.24) is 4.90 Å². The highest BCUT2D eigenvalue weighted by Crippen LogP contribution is 2.31. The van der Waals surface area contributed by atoms with E-state index in [4.69, 9.17) is 10.8 Å². The molecule has 0 bridgehead atoms. The van der Waals surface area contributed by atoms with Gasteiger partial charge in [0.2, 0.25) is 5.91 Å².